The van der Waals surface area contributed by atoms with E-state index in [4.69, 9.17) is 18.6 Å². The first-order valence-corrected chi connectivity index (χ1v) is 10.7. The zero-order chi connectivity index (χ0) is 22.2. The third-order valence-corrected chi connectivity index (χ3v) is 5.25. The number of aromatic nitrogens is 2. The summed E-state index contributed by atoms with van der Waals surface area (Å²) in [6.45, 7) is 3.07. The second kappa shape index (κ2) is 10.7. The molecule has 3 rings (SSSR count). The van der Waals surface area contributed by atoms with Gasteiger partial charge in [-0.05, 0) is 36.8 Å². The van der Waals surface area contributed by atoms with Crippen LogP contribution < -0.4 is 14.2 Å². The number of thioether (sulfide) groups is 1. The number of ether oxygens (including phenoxy) is 3. The van der Waals surface area contributed by atoms with Crippen molar-refractivity contribution in [3.63, 3.8) is 0 Å². The van der Waals surface area contributed by atoms with Gasteiger partial charge in [0.2, 0.25) is 5.91 Å². The van der Waals surface area contributed by atoms with Gasteiger partial charge in [-0.25, -0.2) is 0 Å². The molecule has 1 heterocycles. The topological polar surface area (TPSA) is 86.9 Å². The molecule has 0 spiro atoms. The Morgan fingerprint density at radius 2 is 1.81 bits per heavy atom. The fourth-order valence-corrected chi connectivity index (χ4v) is 3.51. The molecular formula is C22H25N3O5S. The highest BCUT2D eigenvalue weighted by Gasteiger charge is 2.17. The van der Waals surface area contributed by atoms with Crippen molar-refractivity contribution >= 4 is 17.7 Å². The summed E-state index contributed by atoms with van der Waals surface area (Å²) in [7, 11) is 4.91. The minimum atomic E-state index is -0.0411. The summed E-state index contributed by atoms with van der Waals surface area (Å²) in [6.07, 6.45) is 0. The Hall–Kier alpha value is -3.20. The van der Waals surface area contributed by atoms with Crippen LogP contribution in [0.2, 0.25) is 0 Å². The van der Waals surface area contributed by atoms with Gasteiger partial charge >= 0.3 is 0 Å². The first kappa shape index (κ1) is 22.5. The van der Waals surface area contributed by atoms with Crippen molar-refractivity contribution in [1.29, 1.82) is 0 Å². The average Bonchev–Trinajstić information content (AvgIpc) is 3.27. The van der Waals surface area contributed by atoms with Gasteiger partial charge in [0, 0.05) is 19.7 Å². The SMILES string of the molecule is CCOc1ccc(CN(C)C(=O)CSc2nnc(-c3ccc(OC)cc3OC)o2)cc1. The van der Waals surface area contributed by atoms with Gasteiger partial charge in [0.15, 0.2) is 0 Å². The molecule has 31 heavy (non-hydrogen) atoms. The smallest absolute Gasteiger partial charge is 0.277 e. The molecule has 3 aromatic rings. The number of amides is 1. The Labute approximate surface area is 185 Å². The summed E-state index contributed by atoms with van der Waals surface area (Å²) >= 11 is 1.20. The van der Waals surface area contributed by atoms with E-state index in [1.165, 1.54) is 11.8 Å². The molecule has 0 atom stereocenters. The predicted molar refractivity (Wildman–Crippen MR) is 118 cm³/mol. The molecule has 0 radical (unpaired) electrons. The second-order valence-electron chi connectivity index (χ2n) is 6.55. The van der Waals surface area contributed by atoms with Crippen LogP contribution >= 0.6 is 11.8 Å². The van der Waals surface area contributed by atoms with Crippen LogP contribution in [0.4, 0.5) is 0 Å². The summed E-state index contributed by atoms with van der Waals surface area (Å²) in [4.78, 5) is 14.2. The van der Waals surface area contributed by atoms with E-state index in [1.54, 1.807) is 44.4 Å². The average molecular weight is 444 g/mol. The van der Waals surface area contributed by atoms with Crippen LogP contribution in [0.15, 0.2) is 52.1 Å². The molecule has 1 aromatic heterocycles. The van der Waals surface area contributed by atoms with Crippen LogP contribution in [0.25, 0.3) is 11.5 Å². The summed E-state index contributed by atoms with van der Waals surface area (Å²) in [5, 5.41) is 8.41. The third-order valence-electron chi connectivity index (χ3n) is 4.44. The van der Waals surface area contributed by atoms with Crippen molar-refractivity contribution in [1.82, 2.24) is 15.1 Å². The molecule has 9 heteroatoms. The van der Waals surface area contributed by atoms with E-state index >= 15 is 0 Å². The van der Waals surface area contributed by atoms with Crippen molar-refractivity contribution in [2.24, 2.45) is 0 Å². The highest BCUT2D eigenvalue weighted by Crippen LogP contribution is 2.33. The van der Waals surface area contributed by atoms with Gasteiger partial charge in [-0.1, -0.05) is 23.9 Å². The lowest BCUT2D eigenvalue weighted by Gasteiger charge is -2.17. The van der Waals surface area contributed by atoms with E-state index in [1.807, 2.05) is 31.2 Å². The van der Waals surface area contributed by atoms with Gasteiger partial charge in [-0.2, -0.15) is 0 Å². The number of nitrogens with zero attached hydrogens (tertiary/aromatic N) is 3. The Kier molecular flexibility index (Phi) is 7.77. The maximum Gasteiger partial charge on any atom is 0.277 e. The van der Waals surface area contributed by atoms with Crippen molar-refractivity contribution in [2.45, 2.75) is 18.7 Å². The molecule has 164 valence electrons. The molecule has 0 aliphatic carbocycles. The van der Waals surface area contributed by atoms with Gasteiger partial charge in [0.05, 0.1) is 32.1 Å². The van der Waals surface area contributed by atoms with Gasteiger partial charge in [-0.3, -0.25) is 4.79 Å². The summed E-state index contributed by atoms with van der Waals surface area (Å²) < 4.78 is 21.7. The lowest BCUT2D eigenvalue weighted by atomic mass is 10.2. The van der Waals surface area contributed by atoms with Gasteiger partial charge in [0.25, 0.3) is 11.1 Å². The quantitative estimate of drug-likeness (QED) is 0.436. The van der Waals surface area contributed by atoms with Crippen molar-refractivity contribution in [3.8, 4) is 28.7 Å². The normalized spacial score (nSPS) is 10.6. The van der Waals surface area contributed by atoms with Gasteiger partial charge in [-0.15, -0.1) is 10.2 Å². The Morgan fingerprint density at radius 1 is 1.06 bits per heavy atom. The largest absolute Gasteiger partial charge is 0.497 e. The number of hydrogen-bond donors (Lipinski definition) is 0. The molecule has 0 unspecified atom stereocenters. The van der Waals surface area contributed by atoms with E-state index in [-0.39, 0.29) is 11.7 Å². The van der Waals surface area contributed by atoms with E-state index < -0.39 is 0 Å². The Bertz CT molecular complexity index is 1010. The molecule has 0 N–H and O–H groups in total. The van der Waals surface area contributed by atoms with E-state index in [0.29, 0.717) is 41.3 Å². The summed E-state index contributed by atoms with van der Waals surface area (Å²) in [5.74, 6) is 2.51. The lowest BCUT2D eigenvalue weighted by molar-refractivity contribution is -0.127. The van der Waals surface area contributed by atoms with Gasteiger partial charge < -0.3 is 23.5 Å². The second-order valence-corrected chi connectivity index (χ2v) is 7.48. The van der Waals surface area contributed by atoms with Crippen molar-refractivity contribution in [2.75, 3.05) is 33.6 Å². The molecule has 2 aromatic carbocycles. The first-order chi connectivity index (χ1) is 15.0. The standard InChI is InChI=1S/C22H25N3O5S/c1-5-29-16-8-6-15(7-9-16)13-25(2)20(26)14-31-22-24-23-21(30-22)18-11-10-17(27-3)12-19(18)28-4/h6-12H,5,13-14H2,1-4H3. The molecule has 0 bridgehead atoms. The first-order valence-electron chi connectivity index (χ1n) is 9.68. The number of benzene rings is 2. The zero-order valence-electron chi connectivity index (χ0n) is 18.0. The van der Waals surface area contributed by atoms with Crippen LogP contribution in [0.1, 0.15) is 12.5 Å². The maximum atomic E-state index is 12.5. The summed E-state index contributed by atoms with van der Waals surface area (Å²) in [6, 6.07) is 13.0. The third kappa shape index (κ3) is 5.91. The number of rotatable bonds is 10. The van der Waals surface area contributed by atoms with E-state index in [9.17, 15) is 4.79 Å². The molecule has 0 aliphatic heterocycles. The minimum Gasteiger partial charge on any atom is -0.497 e. The predicted octanol–water partition coefficient (Wildman–Crippen LogP) is 3.90. The molecule has 0 fully saturated rings. The Morgan fingerprint density at radius 3 is 2.48 bits per heavy atom. The fourth-order valence-electron chi connectivity index (χ4n) is 2.81. The minimum absolute atomic E-state index is 0.0411. The highest BCUT2D eigenvalue weighted by atomic mass is 32.2. The number of methoxy groups -OCH3 is 2. The number of carbonyl (C=O) groups excluding carboxylic acids is 1. The zero-order valence-corrected chi connectivity index (χ0v) is 18.8. The molecule has 0 saturated heterocycles. The van der Waals surface area contributed by atoms with Crippen LogP contribution in [-0.4, -0.2) is 54.6 Å². The monoisotopic (exact) mass is 443 g/mol. The maximum absolute atomic E-state index is 12.5. The van der Waals surface area contributed by atoms with Crippen LogP contribution in [0.3, 0.4) is 0 Å². The fraction of sp³-hybridized carbons (Fsp3) is 0.318. The van der Waals surface area contributed by atoms with Crippen LogP contribution in [-0.2, 0) is 11.3 Å². The van der Waals surface area contributed by atoms with Crippen LogP contribution in [0, 0.1) is 0 Å². The van der Waals surface area contributed by atoms with E-state index in [2.05, 4.69) is 10.2 Å². The molecular weight excluding hydrogens is 418 g/mol. The molecule has 0 saturated carbocycles. The van der Waals surface area contributed by atoms with Crippen molar-refractivity contribution in [3.05, 3.63) is 48.0 Å². The van der Waals surface area contributed by atoms with Crippen molar-refractivity contribution < 1.29 is 23.4 Å². The van der Waals surface area contributed by atoms with Gasteiger partial charge in [0.1, 0.15) is 17.2 Å². The summed E-state index contributed by atoms with van der Waals surface area (Å²) in [5.41, 5.74) is 1.68. The van der Waals surface area contributed by atoms with Crippen LogP contribution in [0.5, 0.6) is 17.2 Å². The molecule has 1 amide bonds. The Balaban J connectivity index is 1.57. The highest BCUT2D eigenvalue weighted by molar-refractivity contribution is 7.99. The lowest BCUT2D eigenvalue weighted by Crippen LogP contribution is -2.27. The molecule has 0 aliphatic rings. The van der Waals surface area contributed by atoms with E-state index in [0.717, 1.165) is 11.3 Å². The molecule has 8 nitrogen and oxygen atoms in total. The number of hydrogen-bond acceptors (Lipinski definition) is 8. The number of carbonyl (C=O) groups is 1.